The molecule has 1 aromatic rings. The predicted molar refractivity (Wildman–Crippen MR) is 102 cm³/mol. The lowest BCUT2D eigenvalue weighted by molar-refractivity contribution is -0.920. The summed E-state index contributed by atoms with van der Waals surface area (Å²) in [5.74, 6) is -0.0135. The molecule has 0 saturated carbocycles. The SMILES string of the molecule is C[C@@H]1CCCC[NH+]1CC(=O)Nc1ccc(S(=O)(=O)N2CCCCC2)cc1. The first-order valence-electron chi connectivity index (χ1n) is 9.71. The Hall–Kier alpha value is -1.44. The number of rotatable bonds is 5. The Bertz CT molecular complexity index is 712. The van der Waals surface area contributed by atoms with Gasteiger partial charge in [0.15, 0.2) is 6.54 Å². The van der Waals surface area contributed by atoms with E-state index < -0.39 is 10.0 Å². The summed E-state index contributed by atoms with van der Waals surface area (Å²) >= 11 is 0. The number of carbonyl (C=O) groups is 1. The van der Waals surface area contributed by atoms with Crippen LogP contribution < -0.4 is 10.2 Å². The molecule has 0 bridgehead atoms. The molecule has 2 fully saturated rings. The number of anilines is 1. The molecule has 0 spiro atoms. The van der Waals surface area contributed by atoms with Crippen molar-refractivity contribution in [2.24, 2.45) is 0 Å². The summed E-state index contributed by atoms with van der Waals surface area (Å²) in [6, 6.07) is 7.07. The highest BCUT2D eigenvalue weighted by atomic mass is 32.2. The fraction of sp³-hybridized carbons (Fsp3) is 0.632. The number of benzene rings is 1. The summed E-state index contributed by atoms with van der Waals surface area (Å²) in [7, 11) is -3.42. The van der Waals surface area contributed by atoms with Gasteiger partial charge in [0.25, 0.3) is 5.91 Å². The molecular weight excluding hydrogens is 350 g/mol. The number of hydrogen-bond donors (Lipinski definition) is 2. The van der Waals surface area contributed by atoms with E-state index in [9.17, 15) is 13.2 Å². The number of sulfonamides is 1. The molecule has 1 amide bonds. The van der Waals surface area contributed by atoms with Crippen LogP contribution in [0.3, 0.4) is 0 Å². The molecule has 2 aliphatic rings. The lowest BCUT2D eigenvalue weighted by Crippen LogP contribution is -3.17. The molecule has 6 nitrogen and oxygen atoms in total. The third-order valence-electron chi connectivity index (χ3n) is 5.56. The first kappa shape index (κ1) is 19.3. The van der Waals surface area contributed by atoms with Crippen LogP contribution in [0.4, 0.5) is 5.69 Å². The van der Waals surface area contributed by atoms with Crippen LogP contribution in [-0.2, 0) is 14.8 Å². The monoisotopic (exact) mass is 380 g/mol. The van der Waals surface area contributed by atoms with E-state index >= 15 is 0 Å². The zero-order chi connectivity index (χ0) is 18.6. The largest absolute Gasteiger partial charge is 0.325 e. The fourth-order valence-electron chi connectivity index (χ4n) is 3.89. The first-order valence-corrected chi connectivity index (χ1v) is 11.2. The number of piperidine rings is 2. The molecule has 2 N–H and O–H groups in total. The summed E-state index contributed by atoms with van der Waals surface area (Å²) in [4.78, 5) is 13.9. The summed E-state index contributed by atoms with van der Waals surface area (Å²) in [6.07, 6.45) is 6.53. The topological polar surface area (TPSA) is 70.9 Å². The van der Waals surface area contributed by atoms with Gasteiger partial charge in [-0.3, -0.25) is 4.79 Å². The van der Waals surface area contributed by atoms with Gasteiger partial charge in [-0.2, -0.15) is 4.31 Å². The van der Waals surface area contributed by atoms with Crippen LogP contribution >= 0.6 is 0 Å². The lowest BCUT2D eigenvalue weighted by Gasteiger charge is -2.29. The molecule has 3 rings (SSSR count). The highest BCUT2D eigenvalue weighted by molar-refractivity contribution is 7.89. The van der Waals surface area contributed by atoms with E-state index in [0.717, 1.165) is 25.8 Å². The third kappa shape index (κ3) is 4.64. The second kappa shape index (κ2) is 8.50. The van der Waals surface area contributed by atoms with Gasteiger partial charge in [0.2, 0.25) is 10.0 Å². The second-order valence-electron chi connectivity index (χ2n) is 7.52. The third-order valence-corrected chi connectivity index (χ3v) is 7.47. The van der Waals surface area contributed by atoms with Crippen molar-refractivity contribution in [2.75, 3.05) is 31.5 Å². The van der Waals surface area contributed by atoms with Crippen molar-refractivity contribution >= 4 is 21.6 Å². The minimum atomic E-state index is -3.42. The molecule has 1 unspecified atom stereocenters. The van der Waals surface area contributed by atoms with E-state index in [1.54, 1.807) is 28.6 Å². The van der Waals surface area contributed by atoms with Gasteiger partial charge in [-0.1, -0.05) is 6.42 Å². The average Bonchev–Trinajstić information content (AvgIpc) is 2.65. The molecule has 26 heavy (non-hydrogen) atoms. The van der Waals surface area contributed by atoms with Crippen molar-refractivity contribution in [3.63, 3.8) is 0 Å². The Balaban J connectivity index is 1.59. The number of carbonyl (C=O) groups excluding carboxylic acids is 1. The zero-order valence-electron chi connectivity index (χ0n) is 15.5. The first-order chi connectivity index (χ1) is 12.5. The summed E-state index contributed by atoms with van der Waals surface area (Å²) in [5, 5.41) is 2.90. The van der Waals surface area contributed by atoms with Crippen LogP contribution in [0.25, 0.3) is 0 Å². The van der Waals surface area contributed by atoms with Crippen molar-refractivity contribution in [2.45, 2.75) is 56.4 Å². The van der Waals surface area contributed by atoms with Gasteiger partial charge in [-0.05, 0) is 63.3 Å². The predicted octanol–water partition coefficient (Wildman–Crippen LogP) is 1.26. The van der Waals surface area contributed by atoms with E-state index in [2.05, 4.69) is 12.2 Å². The van der Waals surface area contributed by atoms with E-state index in [-0.39, 0.29) is 5.91 Å². The Labute approximate surface area is 156 Å². The number of amides is 1. The van der Waals surface area contributed by atoms with Crippen LogP contribution in [0.15, 0.2) is 29.2 Å². The van der Waals surface area contributed by atoms with E-state index in [1.165, 1.54) is 24.2 Å². The quantitative estimate of drug-likeness (QED) is 0.808. The van der Waals surface area contributed by atoms with Crippen molar-refractivity contribution in [3.05, 3.63) is 24.3 Å². The van der Waals surface area contributed by atoms with E-state index in [1.807, 2.05) is 0 Å². The average molecular weight is 381 g/mol. The Morgan fingerprint density at radius 1 is 1.12 bits per heavy atom. The summed E-state index contributed by atoms with van der Waals surface area (Å²) in [5.41, 5.74) is 0.650. The smallest absolute Gasteiger partial charge is 0.279 e. The Kier molecular flexibility index (Phi) is 6.32. The van der Waals surface area contributed by atoms with Gasteiger partial charge >= 0.3 is 0 Å². The number of quaternary nitrogens is 1. The highest BCUT2D eigenvalue weighted by Gasteiger charge is 2.26. The van der Waals surface area contributed by atoms with Crippen LogP contribution in [0.5, 0.6) is 0 Å². The fourth-order valence-corrected chi connectivity index (χ4v) is 5.41. The van der Waals surface area contributed by atoms with Crippen molar-refractivity contribution in [1.82, 2.24) is 4.31 Å². The van der Waals surface area contributed by atoms with Crippen molar-refractivity contribution in [3.8, 4) is 0 Å². The zero-order valence-corrected chi connectivity index (χ0v) is 16.4. The molecule has 2 saturated heterocycles. The van der Waals surface area contributed by atoms with E-state index in [0.29, 0.717) is 36.3 Å². The standard InChI is InChI=1S/C19H29N3O3S/c1-16-7-3-6-12-21(16)15-19(23)20-17-8-10-18(11-9-17)26(24,25)22-13-4-2-5-14-22/h8-11,16H,2-7,12-15H2,1H3,(H,20,23)/p+1/t16-/m1/s1. The molecular formula is C19H30N3O3S+. The number of hydrogen-bond acceptors (Lipinski definition) is 3. The van der Waals surface area contributed by atoms with Gasteiger partial charge in [0.05, 0.1) is 17.5 Å². The normalized spacial score (nSPS) is 25.0. The minimum absolute atomic E-state index is 0.0135. The molecule has 0 radical (unpaired) electrons. The molecule has 7 heteroatoms. The van der Waals surface area contributed by atoms with Gasteiger partial charge in [0, 0.05) is 18.8 Å². The molecule has 0 aromatic heterocycles. The number of nitrogens with one attached hydrogen (secondary N) is 2. The maximum Gasteiger partial charge on any atom is 0.279 e. The molecule has 0 aliphatic carbocycles. The minimum Gasteiger partial charge on any atom is -0.325 e. The Morgan fingerprint density at radius 2 is 1.81 bits per heavy atom. The molecule has 2 atom stereocenters. The molecule has 2 aliphatic heterocycles. The van der Waals surface area contributed by atoms with Crippen LogP contribution in [0.2, 0.25) is 0 Å². The highest BCUT2D eigenvalue weighted by Crippen LogP contribution is 2.21. The van der Waals surface area contributed by atoms with Gasteiger partial charge < -0.3 is 10.2 Å². The van der Waals surface area contributed by atoms with Gasteiger partial charge in [-0.15, -0.1) is 0 Å². The van der Waals surface area contributed by atoms with E-state index in [4.69, 9.17) is 0 Å². The van der Waals surface area contributed by atoms with Gasteiger partial charge in [0.1, 0.15) is 0 Å². The summed E-state index contributed by atoms with van der Waals surface area (Å²) < 4.78 is 26.9. The maximum atomic E-state index is 12.7. The van der Waals surface area contributed by atoms with Crippen LogP contribution in [-0.4, -0.2) is 50.9 Å². The number of nitrogens with zero attached hydrogens (tertiary/aromatic N) is 1. The van der Waals surface area contributed by atoms with Crippen molar-refractivity contribution < 1.29 is 18.1 Å². The van der Waals surface area contributed by atoms with Crippen LogP contribution in [0.1, 0.15) is 45.4 Å². The second-order valence-corrected chi connectivity index (χ2v) is 9.46. The number of likely N-dealkylation sites (tertiary alicyclic amines) is 1. The summed E-state index contributed by atoms with van der Waals surface area (Å²) in [6.45, 7) is 4.90. The lowest BCUT2D eigenvalue weighted by atomic mass is 10.0. The Morgan fingerprint density at radius 3 is 2.46 bits per heavy atom. The maximum absolute atomic E-state index is 12.7. The molecule has 1 aromatic carbocycles. The molecule has 2 heterocycles. The van der Waals surface area contributed by atoms with Crippen molar-refractivity contribution in [1.29, 1.82) is 0 Å². The van der Waals surface area contributed by atoms with Crippen LogP contribution in [0, 0.1) is 0 Å². The van der Waals surface area contributed by atoms with Gasteiger partial charge in [-0.25, -0.2) is 8.42 Å². The molecule has 144 valence electrons.